The molecular weight excluding hydrogens is 376 g/mol. The lowest BCUT2D eigenvalue weighted by Crippen LogP contribution is -2.64. The second-order valence-electron chi connectivity index (χ2n) is 9.34. The Morgan fingerprint density at radius 1 is 0.690 bits per heavy atom. The van der Waals surface area contributed by atoms with Crippen molar-refractivity contribution >= 4 is 0 Å². The summed E-state index contributed by atoms with van der Waals surface area (Å²) in [4.78, 5) is 0. The fourth-order valence-electron chi connectivity index (χ4n) is 6.24. The molecule has 29 heavy (non-hydrogen) atoms. The topological polar surface area (TPSA) is 75.6 Å². The normalized spacial score (nSPS) is 48.5. The summed E-state index contributed by atoms with van der Waals surface area (Å²) >= 11 is 0. The Kier molecular flexibility index (Phi) is 5.42. The predicted molar refractivity (Wildman–Crippen MR) is 102 cm³/mol. The zero-order valence-electron chi connectivity index (χ0n) is 17.2. The molecule has 0 aromatic rings. The number of hydrogen-bond acceptors (Lipinski definition) is 7. The Balaban J connectivity index is 0.000000125. The summed E-state index contributed by atoms with van der Waals surface area (Å²) in [5.41, 5.74) is -0.000579. The van der Waals surface area contributed by atoms with Gasteiger partial charge in [-0.25, -0.2) is 0 Å². The van der Waals surface area contributed by atoms with Crippen LogP contribution in [0.1, 0.15) is 64.2 Å². The van der Waals surface area contributed by atoms with E-state index in [-0.39, 0.29) is 16.9 Å². The van der Waals surface area contributed by atoms with Crippen molar-refractivity contribution in [3.05, 3.63) is 12.3 Å². The van der Waals surface area contributed by atoms with Crippen LogP contribution in [0.25, 0.3) is 0 Å². The Morgan fingerprint density at radius 2 is 1.24 bits per heavy atom. The summed E-state index contributed by atoms with van der Waals surface area (Å²) in [7, 11) is 0. The van der Waals surface area contributed by atoms with Crippen LogP contribution in [0.15, 0.2) is 12.3 Å². The highest BCUT2D eigenvalue weighted by atomic mass is 16.9. The first-order valence-corrected chi connectivity index (χ1v) is 11.3. The van der Waals surface area contributed by atoms with E-state index in [4.69, 9.17) is 28.4 Å². The molecule has 5 saturated heterocycles. The van der Waals surface area contributed by atoms with Gasteiger partial charge in [0.1, 0.15) is 0 Å². The SMILES string of the molecule is C1=COC23OCCCC2(C1)CCCO3.OC1COC23OCCCC2(CCCO3)C1. The number of allylic oxidation sites excluding steroid dienone is 1. The molecule has 7 nitrogen and oxygen atoms in total. The number of aliphatic hydroxyl groups is 1. The monoisotopic (exact) mass is 410 g/mol. The van der Waals surface area contributed by atoms with Gasteiger partial charge in [-0.2, -0.15) is 0 Å². The van der Waals surface area contributed by atoms with Gasteiger partial charge < -0.3 is 33.5 Å². The summed E-state index contributed by atoms with van der Waals surface area (Å²) in [6.45, 7) is 3.27. The molecule has 6 aliphatic rings. The van der Waals surface area contributed by atoms with Crippen LogP contribution in [0.5, 0.6) is 0 Å². The summed E-state index contributed by atoms with van der Waals surface area (Å²) in [5, 5.41) is 9.74. The third kappa shape index (κ3) is 3.25. The van der Waals surface area contributed by atoms with E-state index < -0.39 is 11.9 Å². The van der Waals surface area contributed by atoms with E-state index in [1.165, 1.54) is 0 Å². The van der Waals surface area contributed by atoms with Gasteiger partial charge in [-0.05, 0) is 70.3 Å². The molecule has 0 aromatic carbocycles. The van der Waals surface area contributed by atoms with Crippen molar-refractivity contribution in [2.24, 2.45) is 10.8 Å². The minimum Gasteiger partial charge on any atom is -0.447 e. The van der Waals surface area contributed by atoms with E-state index in [1.807, 2.05) is 0 Å². The van der Waals surface area contributed by atoms with E-state index in [0.717, 1.165) is 77.4 Å². The fraction of sp³-hybridized carbons (Fsp3) is 0.909. The lowest BCUT2D eigenvalue weighted by atomic mass is 9.69. The van der Waals surface area contributed by atoms with Gasteiger partial charge in [0.05, 0.1) is 56.2 Å². The average Bonchev–Trinajstić information content (AvgIpc) is 2.77. The second-order valence-corrected chi connectivity index (χ2v) is 9.34. The molecule has 0 amide bonds. The van der Waals surface area contributed by atoms with Crippen LogP contribution in [0.4, 0.5) is 0 Å². The first-order chi connectivity index (χ1) is 14.1. The predicted octanol–water partition coefficient (Wildman–Crippen LogP) is 3.21. The molecule has 1 atom stereocenters. The average molecular weight is 411 g/mol. The van der Waals surface area contributed by atoms with Crippen LogP contribution in [0, 0.1) is 10.8 Å². The van der Waals surface area contributed by atoms with Crippen molar-refractivity contribution in [3.63, 3.8) is 0 Å². The Labute approximate surface area is 172 Å². The van der Waals surface area contributed by atoms with Gasteiger partial charge in [0.25, 0.3) is 5.97 Å². The molecule has 5 fully saturated rings. The van der Waals surface area contributed by atoms with Crippen molar-refractivity contribution in [2.45, 2.75) is 82.3 Å². The molecule has 1 N–H and O–H groups in total. The second kappa shape index (κ2) is 7.77. The molecule has 164 valence electrons. The molecule has 0 radical (unpaired) electrons. The molecule has 6 heterocycles. The Hall–Kier alpha value is -0.700. The van der Waals surface area contributed by atoms with Crippen molar-refractivity contribution in [3.8, 4) is 0 Å². The minimum atomic E-state index is -0.831. The maximum atomic E-state index is 9.74. The molecule has 6 rings (SSSR count). The molecule has 0 spiro atoms. The minimum absolute atomic E-state index is 0.0955. The molecule has 0 aromatic heterocycles. The van der Waals surface area contributed by atoms with Crippen LogP contribution < -0.4 is 0 Å². The van der Waals surface area contributed by atoms with Gasteiger partial charge in [0.2, 0.25) is 0 Å². The third-order valence-corrected chi connectivity index (χ3v) is 7.59. The van der Waals surface area contributed by atoms with Gasteiger partial charge >= 0.3 is 5.97 Å². The number of ether oxygens (including phenoxy) is 6. The lowest BCUT2D eigenvalue weighted by molar-refractivity contribution is -0.476. The first-order valence-electron chi connectivity index (χ1n) is 11.3. The zero-order chi connectivity index (χ0) is 19.8. The molecule has 0 aliphatic carbocycles. The molecule has 0 bridgehead atoms. The van der Waals surface area contributed by atoms with Crippen molar-refractivity contribution in [2.75, 3.05) is 33.0 Å². The smallest absolute Gasteiger partial charge is 0.332 e. The van der Waals surface area contributed by atoms with Crippen LogP contribution in [0.3, 0.4) is 0 Å². The van der Waals surface area contributed by atoms with Crippen LogP contribution in [-0.4, -0.2) is 56.2 Å². The summed E-state index contributed by atoms with van der Waals surface area (Å²) in [5.74, 6) is -1.57. The highest BCUT2D eigenvalue weighted by Crippen LogP contribution is 2.56. The van der Waals surface area contributed by atoms with Crippen LogP contribution >= 0.6 is 0 Å². The van der Waals surface area contributed by atoms with Gasteiger partial charge in [0.15, 0.2) is 0 Å². The Bertz CT molecular complexity index is 568. The van der Waals surface area contributed by atoms with Gasteiger partial charge in [-0.3, -0.25) is 0 Å². The van der Waals surface area contributed by atoms with Gasteiger partial charge in [-0.15, -0.1) is 0 Å². The maximum absolute atomic E-state index is 9.74. The van der Waals surface area contributed by atoms with E-state index in [9.17, 15) is 5.11 Å². The van der Waals surface area contributed by atoms with Crippen molar-refractivity contribution in [1.82, 2.24) is 0 Å². The number of aliphatic hydroxyl groups excluding tert-OH is 1. The van der Waals surface area contributed by atoms with Gasteiger partial charge in [0, 0.05) is 0 Å². The third-order valence-electron chi connectivity index (χ3n) is 7.59. The van der Waals surface area contributed by atoms with E-state index in [1.54, 1.807) is 6.26 Å². The van der Waals surface area contributed by atoms with E-state index in [2.05, 4.69) is 6.08 Å². The summed E-state index contributed by atoms with van der Waals surface area (Å²) in [6, 6.07) is 0. The number of rotatable bonds is 0. The van der Waals surface area contributed by atoms with Crippen LogP contribution in [0.2, 0.25) is 0 Å². The highest BCUT2D eigenvalue weighted by Gasteiger charge is 2.62. The first kappa shape index (κ1) is 20.2. The lowest BCUT2D eigenvalue weighted by Gasteiger charge is -2.57. The molecule has 6 aliphatic heterocycles. The van der Waals surface area contributed by atoms with Crippen molar-refractivity contribution < 1.29 is 33.5 Å². The highest BCUT2D eigenvalue weighted by molar-refractivity contribution is 5.03. The zero-order valence-corrected chi connectivity index (χ0v) is 17.2. The molecular formula is C22H34O7. The van der Waals surface area contributed by atoms with Crippen LogP contribution in [-0.2, 0) is 28.4 Å². The quantitative estimate of drug-likeness (QED) is 0.657. The van der Waals surface area contributed by atoms with Crippen molar-refractivity contribution in [1.29, 1.82) is 0 Å². The Morgan fingerprint density at radius 3 is 1.83 bits per heavy atom. The summed E-state index contributed by atoms with van der Waals surface area (Å²) < 4.78 is 34.4. The summed E-state index contributed by atoms with van der Waals surface area (Å²) in [6.07, 6.45) is 14.0. The fourth-order valence-corrected chi connectivity index (χ4v) is 6.24. The standard InChI is InChI=1S/C11H18O4.C11H16O3/c12-9-7-10-3-1-5-13-11(10,15-8-9)14-6-2-4-10;1-4-10-5-2-8-13-11(10,12-7-1)14-9-3-6-10/h9,12H,1-8H2;1,7H,2-6,8-9H2. The largest absolute Gasteiger partial charge is 0.447 e. The maximum Gasteiger partial charge on any atom is 0.332 e. The van der Waals surface area contributed by atoms with Gasteiger partial charge in [-0.1, -0.05) is 0 Å². The number of hydrogen-bond donors (Lipinski definition) is 1. The van der Waals surface area contributed by atoms with E-state index >= 15 is 0 Å². The molecule has 7 heteroatoms. The van der Waals surface area contributed by atoms with E-state index in [0.29, 0.717) is 19.8 Å². The molecule has 0 saturated carbocycles. The molecule has 1 unspecified atom stereocenters.